The van der Waals surface area contributed by atoms with Gasteiger partial charge in [-0.3, -0.25) is 0 Å². The van der Waals surface area contributed by atoms with Gasteiger partial charge in [0, 0.05) is 13.1 Å². The number of nitrogens with one attached hydrogen (secondary N) is 4. The van der Waals surface area contributed by atoms with Crippen molar-refractivity contribution in [3.05, 3.63) is 0 Å². The number of rotatable bonds is 5. The van der Waals surface area contributed by atoms with Gasteiger partial charge in [-0.2, -0.15) is 0 Å². The lowest BCUT2D eigenvalue weighted by molar-refractivity contribution is 0.213. The molecule has 0 heterocycles. The molecule has 6 N–H and O–H groups in total. The average Bonchev–Trinajstić information content (AvgIpc) is 2.13. The molecule has 0 aromatic carbocycles. The van der Waals surface area contributed by atoms with E-state index in [4.69, 9.17) is 10.2 Å². The highest BCUT2D eigenvalue weighted by Crippen LogP contribution is 1.65. The van der Waals surface area contributed by atoms with E-state index >= 15 is 0 Å². The summed E-state index contributed by atoms with van der Waals surface area (Å²) in [5.74, 6) is 0. The van der Waals surface area contributed by atoms with E-state index in [1.165, 1.54) is 0 Å². The minimum absolute atomic E-state index is 0.227. The number of carbonyl (C=O) groups excluding carboxylic acids is 2. The molecular formula is C6H14N4O4. The monoisotopic (exact) mass is 206 g/mol. The zero-order valence-corrected chi connectivity index (χ0v) is 7.54. The van der Waals surface area contributed by atoms with Crippen LogP contribution < -0.4 is 21.3 Å². The van der Waals surface area contributed by atoms with Crippen LogP contribution in [0.1, 0.15) is 0 Å². The lowest BCUT2D eigenvalue weighted by atomic mass is 10.6. The van der Waals surface area contributed by atoms with Gasteiger partial charge in [0.25, 0.3) is 0 Å². The Morgan fingerprint density at radius 2 is 1.14 bits per heavy atom. The van der Waals surface area contributed by atoms with Crippen LogP contribution >= 0.6 is 0 Å². The number of hydrogen-bond acceptors (Lipinski definition) is 4. The fourth-order valence-corrected chi connectivity index (χ4v) is 0.621. The van der Waals surface area contributed by atoms with Crippen LogP contribution in [0.25, 0.3) is 0 Å². The predicted molar refractivity (Wildman–Crippen MR) is 47.2 cm³/mol. The highest BCUT2D eigenvalue weighted by molar-refractivity contribution is 5.74. The van der Waals surface area contributed by atoms with Gasteiger partial charge in [0.1, 0.15) is 13.5 Å². The third-order valence-corrected chi connectivity index (χ3v) is 1.18. The van der Waals surface area contributed by atoms with E-state index < -0.39 is 25.5 Å². The van der Waals surface area contributed by atoms with E-state index in [1.54, 1.807) is 0 Å². The van der Waals surface area contributed by atoms with Crippen molar-refractivity contribution in [1.82, 2.24) is 21.3 Å². The van der Waals surface area contributed by atoms with Gasteiger partial charge >= 0.3 is 12.1 Å². The van der Waals surface area contributed by atoms with Gasteiger partial charge in [-0.1, -0.05) is 0 Å². The van der Waals surface area contributed by atoms with Crippen molar-refractivity contribution in [3.8, 4) is 0 Å². The molecule has 8 heteroatoms. The molecule has 0 saturated heterocycles. The molecule has 0 aliphatic carbocycles. The summed E-state index contributed by atoms with van der Waals surface area (Å²) in [4.78, 5) is 21.3. The van der Waals surface area contributed by atoms with E-state index in [9.17, 15) is 9.59 Å². The number of hydrogen-bond donors (Lipinski definition) is 6. The molecule has 0 aromatic rings. The zero-order valence-electron chi connectivity index (χ0n) is 7.54. The molecule has 0 aliphatic rings. The molecule has 8 nitrogen and oxygen atoms in total. The highest BCUT2D eigenvalue weighted by Gasteiger charge is 1.98. The normalized spacial score (nSPS) is 9.00. The van der Waals surface area contributed by atoms with E-state index in [1.807, 2.05) is 0 Å². The van der Waals surface area contributed by atoms with Crippen molar-refractivity contribution in [2.24, 2.45) is 0 Å². The first-order valence-electron chi connectivity index (χ1n) is 3.95. The van der Waals surface area contributed by atoms with Gasteiger partial charge in [-0.25, -0.2) is 9.59 Å². The zero-order chi connectivity index (χ0) is 10.8. The van der Waals surface area contributed by atoms with Crippen molar-refractivity contribution in [1.29, 1.82) is 0 Å². The summed E-state index contributed by atoms with van der Waals surface area (Å²) in [6, 6.07) is -1.03. The van der Waals surface area contributed by atoms with E-state index in [2.05, 4.69) is 21.3 Å². The molecule has 0 radical (unpaired) electrons. The minimum atomic E-state index is -0.517. The largest absolute Gasteiger partial charge is 0.376 e. The van der Waals surface area contributed by atoms with Crippen molar-refractivity contribution < 1.29 is 19.8 Å². The SMILES string of the molecule is O=C(NCO)NCCNC(=O)NCO. The third kappa shape index (κ3) is 7.13. The van der Waals surface area contributed by atoms with Crippen LogP contribution in [-0.4, -0.2) is 48.8 Å². The van der Waals surface area contributed by atoms with Gasteiger partial charge < -0.3 is 31.5 Å². The van der Waals surface area contributed by atoms with Crippen LogP contribution in [0, 0.1) is 0 Å². The van der Waals surface area contributed by atoms with Crippen LogP contribution in [-0.2, 0) is 0 Å². The predicted octanol–water partition coefficient (Wildman–Crippen LogP) is -2.52. The topological polar surface area (TPSA) is 123 Å². The van der Waals surface area contributed by atoms with E-state index in [-0.39, 0.29) is 13.1 Å². The summed E-state index contributed by atoms with van der Waals surface area (Å²) in [7, 11) is 0. The molecule has 0 fully saturated rings. The van der Waals surface area contributed by atoms with Crippen molar-refractivity contribution in [2.45, 2.75) is 0 Å². The Morgan fingerprint density at radius 3 is 1.43 bits per heavy atom. The van der Waals surface area contributed by atoms with Gasteiger partial charge in [0.05, 0.1) is 0 Å². The molecule has 0 spiro atoms. The molecule has 0 atom stereocenters. The molecule has 0 bridgehead atoms. The second-order valence-electron chi connectivity index (χ2n) is 2.18. The number of aliphatic hydroxyl groups excluding tert-OH is 2. The second-order valence-corrected chi connectivity index (χ2v) is 2.18. The Hall–Kier alpha value is -1.54. The summed E-state index contributed by atoms with van der Waals surface area (Å²) in [5, 5.41) is 25.5. The van der Waals surface area contributed by atoms with Gasteiger partial charge in [0.2, 0.25) is 0 Å². The first-order chi connectivity index (χ1) is 6.70. The molecular weight excluding hydrogens is 192 g/mol. The van der Waals surface area contributed by atoms with Crippen molar-refractivity contribution in [3.63, 3.8) is 0 Å². The average molecular weight is 206 g/mol. The quantitative estimate of drug-likeness (QED) is 0.219. The maximum atomic E-state index is 10.7. The van der Waals surface area contributed by atoms with E-state index in [0.29, 0.717) is 0 Å². The lowest BCUT2D eigenvalue weighted by Gasteiger charge is -2.06. The van der Waals surface area contributed by atoms with Gasteiger partial charge in [-0.15, -0.1) is 0 Å². The molecule has 4 amide bonds. The van der Waals surface area contributed by atoms with E-state index in [0.717, 1.165) is 0 Å². The Morgan fingerprint density at radius 1 is 0.786 bits per heavy atom. The molecule has 0 rings (SSSR count). The molecule has 0 unspecified atom stereocenters. The molecule has 0 aliphatic heterocycles. The fourth-order valence-electron chi connectivity index (χ4n) is 0.621. The maximum absolute atomic E-state index is 10.7. The summed E-state index contributed by atoms with van der Waals surface area (Å²) < 4.78 is 0. The van der Waals surface area contributed by atoms with Crippen LogP contribution in [0.5, 0.6) is 0 Å². The van der Waals surface area contributed by atoms with Crippen molar-refractivity contribution >= 4 is 12.1 Å². The van der Waals surface area contributed by atoms with Crippen molar-refractivity contribution in [2.75, 3.05) is 26.6 Å². The Kier molecular flexibility index (Phi) is 7.19. The summed E-state index contributed by atoms with van der Waals surface area (Å²) in [6.07, 6.45) is 0. The minimum Gasteiger partial charge on any atom is -0.376 e. The molecule has 0 saturated carbocycles. The van der Waals surface area contributed by atoms with Crippen LogP contribution in [0.3, 0.4) is 0 Å². The summed E-state index contributed by atoms with van der Waals surface area (Å²) >= 11 is 0. The smallest absolute Gasteiger partial charge is 0.316 e. The summed E-state index contributed by atoms with van der Waals surface area (Å²) in [6.45, 7) is -0.427. The van der Waals surface area contributed by atoms with Crippen LogP contribution in [0.2, 0.25) is 0 Å². The number of urea groups is 2. The standard InChI is InChI=1S/C6H14N4O4/c11-3-9-5(13)7-1-2-8-6(14)10-4-12/h11-12H,1-4H2,(H2,7,9,13)(H2,8,10,14). The highest BCUT2D eigenvalue weighted by atomic mass is 16.3. The Labute approximate surface area is 80.7 Å². The Bertz CT molecular complexity index is 167. The molecule has 14 heavy (non-hydrogen) atoms. The first-order valence-corrected chi connectivity index (χ1v) is 3.95. The fraction of sp³-hybridized carbons (Fsp3) is 0.667. The molecule has 0 aromatic heterocycles. The third-order valence-electron chi connectivity index (χ3n) is 1.18. The Balaban J connectivity index is 3.28. The van der Waals surface area contributed by atoms with Gasteiger partial charge in [0.15, 0.2) is 0 Å². The second kappa shape index (κ2) is 8.08. The number of carbonyl (C=O) groups is 2. The maximum Gasteiger partial charge on any atom is 0.316 e. The number of amides is 4. The lowest BCUT2D eigenvalue weighted by Crippen LogP contribution is -2.43. The van der Waals surface area contributed by atoms with Gasteiger partial charge in [-0.05, 0) is 0 Å². The molecule has 82 valence electrons. The summed E-state index contributed by atoms with van der Waals surface area (Å²) in [5.41, 5.74) is 0. The number of aliphatic hydroxyl groups is 2. The first kappa shape index (κ1) is 12.5. The van der Waals surface area contributed by atoms with Crippen LogP contribution in [0.15, 0.2) is 0 Å². The van der Waals surface area contributed by atoms with Crippen LogP contribution in [0.4, 0.5) is 9.59 Å².